The average Bonchev–Trinajstić information content (AvgIpc) is 2.26. The Bertz CT molecular complexity index is 361. The van der Waals surface area contributed by atoms with E-state index >= 15 is 0 Å². The summed E-state index contributed by atoms with van der Waals surface area (Å²) < 4.78 is 0. The molecule has 4 rings (SSSR count). The van der Waals surface area contributed by atoms with Gasteiger partial charge in [-0.2, -0.15) is 0 Å². The monoisotopic (exact) mass is 274 g/mol. The average molecular weight is 275 g/mol. The van der Waals surface area contributed by atoms with Crippen LogP contribution in [0.2, 0.25) is 0 Å². The van der Waals surface area contributed by atoms with Crippen LogP contribution in [0.3, 0.4) is 0 Å². The Morgan fingerprint density at radius 1 is 0.941 bits per heavy atom. The van der Waals surface area contributed by atoms with Crippen molar-refractivity contribution in [3.05, 3.63) is 10.1 Å². The summed E-state index contributed by atoms with van der Waals surface area (Å²) in [6.45, 7) is 0. The van der Waals surface area contributed by atoms with Crippen molar-refractivity contribution in [1.82, 2.24) is 0 Å². The van der Waals surface area contributed by atoms with E-state index < -0.39 is 5.97 Å². The number of allylic oxidation sites excluding steroid dienone is 1. The van der Waals surface area contributed by atoms with Crippen LogP contribution in [0.4, 0.5) is 0 Å². The molecule has 4 bridgehead atoms. The van der Waals surface area contributed by atoms with Crippen molar-refractivity contribution in [3.63, 3.8) is 0 Å². The lowest BCUT2D eigenvalue weighted by Gasteiger charge is -2.54. The minimum absolute atomic E-state index is 0.163. The molecule has 0 radical (unpaired) electrons. The van der Waals surface area contributed by atoms with Gasteiger partial charge in [-0.3, -0.25) is 0 Å². The summed E-state index contributed by atoms with van der Waals surface area (Å²) in [4.78, 5) is 10.9. The van der Waals surface area contributed by atoms with Crippen LogP contribution in [-0.4, -0.2) is 11.1 Å². The van der Waals surface area contributed by atoms with E-state index in [1.165, 1.54) is 32.1 Å². The summed E-state index contributed by atoms with van der Waals surface area (Å²) in [7, 11) is 0. The van der Waals surface area contributed by atoms with Crippen molar-refractivity contribution in [2.24, 2.45) is 29.6 Å². The Morgan fingerprint density at radius 2 is 1.41 bits per heavy atom. The summed E-state index contributed by atoms with van der Waals surface area (Å²) in [5.74, 6) is 2.00. The smallest absolute Gasteiger partial charge is 0.348 e. The first-order chi connectivity index (χ1) is 8.06. The minimum Gasteiger partial charge on any atom is -0.477 e. The molecule has 0 aromatic carbocycles. The lowest BCUT2D eigenvalue weighted by molar-refractivity contribution is -0.132. The summed E-state index contributed by atoms with van der Waals surface area (Å²) >= 11 is 12.0. The molecule has 2 nitrogen and oxygen atoms in total. The topological polar surface area (TPSA) is 37.3 Å². The van der Waals surface area contributed by atoms with Gasteiger partial charge in [0.15, 0.2) is 0 Å². The first kappa shape index (κ1) is 11.9. The highest BCUT2D eigenvalue weighted by molar-refractivity contribution is 6.47. The van der Waals surface area contributed by atoms with Crippen LogP contribution >= 0.6 is 23.2 Å². The highest BCUT2D eigenvalue weighted by atomic mass is 35.5. The molecule has 1 N–H and O–H groups in total. The van der Waals surface area contributed by atoms with Crippen molar-refractivity contribution in [2.75, 3.05) is 0 Å². The predicted octanol–water partition coefficient (Wildman–Crippen LogP) is 3.83. The van der Waals surface area contributed by atoms with Gasteiger partial charge >= 0.3 is 5.97 Å². The summed E-state index contributed by atoms with van der Waals surface area (Å²) in [6.07, 6.45) is 6.26. The lowest BCUT2D eigenvalue weighted by Crippen LogP contribution is -2.45. The van der Waals surface area contributed by atoms with E-state index in [0.29, 0.717) is 16.9 Å². The zero-order chi connectivity index (χ0) is 12.2. The molecular weight excluding hydrogens is 259 g/mol. The Morgan fingerprint density at radius 3 is 1.82 bits per heavy atom. The normalized spacial score (nSPS) is 44.7. The summed E-state index contributed by atoms with van der Waals surface area (Å²) in [5, 5.41) is 9.18. The molecule has 17 heavy (non-hydrogen) atoms. The summed E-state index contributed by atoms with van der Waals surface area (Å²) in [5.41, 5.74) is 0. The van der Waals surface area contributed by atoms with Crippen LogP contribution < -0.4 is 0 Å². The van der Waals surface area contributed by atoms with Gasteiger partial charge in [-0.25, -0.2) is 4.79 Å². The lowest BCUT2D eigenvalue weighted by atomic mass is 9.52. The molecule has 0 aromatic heterocycles. The molecule has 0 aliphatic heterocycles. The van der Waals surface area contributed by atoms with E-state index in [0.717, 1.165) is 11.8 Å². The Kier molecular flexibility index (Phi) is 2.91. The molecule has 0 heterocycles. The fraction of sp³-hybridized carbons (Fsp3) is 0.769. The highest BCUT2D eigenvalue weighted by Gasteiger charge is 2.49. The SMILES string of the molecule is O=C(O)/C(Cl)=C(/Cl)C1C2CC3CC(C2)CC1C3. The third-order valence-electron chi connectivity index (χ3n) is 4.92. The van der Waals surface area contributed by atoms with Crippen molar-refractivity contribution in [3.8, 4) is 0 Å². The number of carboxylic acids is 1. The standard InChI is InChI=1S/C13H16Cl2O2/c14-11(12(15)13(16)17)10-8-2-6-1-7(4-8)5-9(10)3-6/h6-10H,1-5H2,(H,16,17)/b12-11-. The van der Waals surface area contributed by atoms with Crippen molar-refractivity contribution < 1.29 is 9.90 Å². The van der Waals surface area contributed by atoms with Crippen molar-refractivity contribution in [1.29, 1.82) is 0 Å². The van der Waals surface area contributed by atoms with E-state index in [1.54, 1.807) is 0 Å². The van der Waals surface area contributed by atoms with Gasteiger partial charge in [0.05, 0.1) is 0 Å². The fourth-order valence-corrected chi connectivity index (χ4v) is 5.15. The number of hydrogen-bond donors (Lipinski definition) is 1. The number of carbonyl (C=O) groups is 1. The summed E-state index contributed by atoms with van der Waals surface area (Å²) in [6, 6.07) is 0. The third kappa shape index (κ3) is 1.90. The van der Waals surface area contributed by atoms with Crippen LogP contribution in [0, 0.1) is 29.6 Å². The second-order valence-electron chi connectivity index (χ2n) is 5.92. The third-order valence-corrected chi connectivity index (χ3v) is 5.82. The van der Waals surface area contributed by atoms with Gasteiger partial charge in [-0.05, 0) is 55.8 Å². The van der Waals surface area contributed by atoms with E-state index in [1.807, 2.05) is 0 Å². The molecule has 4 fully saturated rings. The Balaban J connectivity index is 1.89. The molecule has 0 saturated heterocycles. The first-order valence-corrected chi connectivity index (χ1v) is 7.10. The van der Waals surface area contributed by atoms with Gasteiger partial charge < -0.3 is 5.11 Å². The van der Waals surface area contributed by atoms with Crippen LogP contribution in [0.1, 0.15) is 32.1 Å². The molecule has 0 aromatic rings. The first-order valence-electron chi connectivity index (χ1n) is 6.34. The maximum Gasteiger partial charge on any atom is 0.348 e. The fourth-order valence-electron chi connectivity index (χ4n) is 4.59. The van der Waals surface area contributed by atoms with E-state index in [4.69, 9.17) is 28.3 Å². The van der Waals surface area contributed by atoms with Crippen LogP contribution in [0.15, 0.2) is 10.1 Å². The van der Waals surface area contributed by atoms with Gasteiger partial charge in [0.2, 0.25) is 0 Å². The molecule has 0 spiro atoms. The quantitative estimate of drug-likeness (QED) is 0.777. The maximum atomic E-state index is 10.9. The minimum atomic E-state index is -1.09. The van der Waals surface area contributed by atoms with Gasteiger partial charge in [0.1, 0.15) is 5.03 Å². The van der Waals surface area contributed by atoms with E-state index in [9.17, 15) is 4.79 Å². The predicted molar refractivity (Wildman–Crippen MR) is 66.9 cm³/mol. The molecule has 4 heteroatoms. The van der Waals surface area contributed by atoms with Crippen molar-refractivity contribution >= 4 is 29.2 Å². The largest absolute Gasteiger partial charge is 0.477 e. The zero-order valence-electron chi connectivity index (χ0n) is 9.53. The van der Waals surface area contributed by atoms with Gasteiger partial charge in [-0.15, -0.1) is 0 Å². The molecule has 4 aliphatic rings. The van der Waals surface area contributed by atoms with Crippen LogP contribution in [-0.2, 0) is 4.79 Å². The number of hydrogen-bond acceptors (Lipinski definition) is 1. The molecule has 4 saturated carbocycles. The number of aliphatic carboxylic acids is 1. The maximum absolute atomic E-state index is 10.9. The molecule has 94 valence electrons. The zero-order valence-corrected chi connectivity index (χ0v) is 11.0. The molecule has 0 amide bonds. The van der Waals surface area contributed by atoms with Gasteiger partial charge in [0.25, 0.3) is 0 Å². The highest BCUT2D eigenvalue weighted by Crippen LogP contribution is 2.59. The Labute approximate surface area is 111 Å². The molecule has 0 atom stereocenters. The number of rotatable bonds is 2. The number of carboxylic acid groups (broad SMARTS) is 1. The number of halogens is 2. The second kappa shape index (κ2) is 4.17. The van der Waals surface area contributed by atoms with Gasteiger partial charge in [-0.1, -0.05) is 23.2 Å². The molecule has 4 aliphatic carbocycles. The van der Waals surface area contributed by atoms with E-state index in [-0.39, 0.29) is 11.0 Å². The molecule has 0 unspecified atom stereocenters. The Hall–Kier alpha value is -0.210. The van der Waals surface area contributed by atoms with Crippen LogP contribution in [0.5, 0.6) is 0 Å². The van der Waals surface area contributed by atoms with Crippen LogP contribution in [0.25, 0.3) is 0 Å². The molecular formula is C13H16Cl2O2. The van der Waals surface area contributed by atoms with Gasteiger partial charge in [0, 0.05) is 11.0 Å². The van der Waals surface area contributed by atoms with Crippen molar-refractivity contribution in [2.45, 2.75) is 32.1 Å². The van der Waals surface area contributed by atoms with E-state index in [2.05, 4.69) is 0 Å². The second-order valence-corrected chi connectivity index (χ2v) is 6.71.